The third-order valence-electron chi connectivity index (χ3n) is 5.79. The summed E-state index contributed by atoms with van der Waals surface area (Å²) in [4.78, 5) is 24.6. The van der Waals surface area contributed by atoms with Crippen molar-refractivity contribution in [1.82, 2.24) is 9.62 Å². The summed E-state index contributed by atoms with van der Waals surface area (Å²) in [5.41, 5.74) is 2.71. The summed E-state index contributed by atoms with van der Waals surface area (Å²) in [6.07, 6.45) is 3.83. The van der Waals surface area contributed by atoms with E-state index in [1.807, 2.05) is 26.0 Å². The van der Waals surface area contributed by atoms with Gasteiger partial charge in [-0.15, -0.1) is 0 Å². The van der Waals surface area contributed by atoms with Crippen molar-refractivity contribution in [2.45, 2.75) is 56.9 Å². The number of amides is 2. The molecule has 32 heavy (non-hydrogen) atoms. The smallest absolute Gasteiger partial charge is 0.313 e. The van der Waals surface area contributed by atoms with Crippen LogP contribution in [0.1, 0.15) is 43.7 Å². The van der Waals surface area contributed by atoms with Gasteiger partial charge in [0.25, 0.3) is 0 Å². The van der Waals surface area contributed by atoms with Gasteiger partial charge in [-0.2, -0.15) is 4.31 Å². The number of piperidine rings is 1. The standard InChI is InChI=1S/C24H31N3O4S/c1-3-19-9-11-20(12-10-19)26-24(29)23(28)25-16-15-21-6-4-5-17-27(21)32(30,31)22-13-7-18(2)8-14-22/h7-14,21H,3-6,15-17H2,1-2H3,(H,25,28)(H,26,29)/t21-/m1/s1. The maximum Gasteiger partial charge on any atom is 0.313 e. The van der Waals surface area contributed by atoms with Crippen molar-refractivity contribution in [1.29, 1.82) is 0 Å². The molecule has 0 aliphatic carbocycles. The summed E-state index contributed by atoms with van der Waals surface area (Å²) in [5.74, 6) is -1.46. The molecule has 1 saturated heterocycles. The molecule has 1 heterocycles. The minimum absolute atomic E-state index is 0.208. The molecule has 0 saturated carbocycles. The van der Waals surface area contributed by atoms with Crippen LogP contribution in [0.25, 0.3) is 0 Å². The van der Waals surface area contributed by atoms with Crippen LogP contribution in [0.4, 0.5) is 5.69 Å². The van der Waals surface area contributed by atoms with Crippen LogP contribution in [0.3, 0.4) is 0 Å². The predicted molar refractivity (Wildman–Crippen MR) is 125 cm³/mol. The number of sulfonamides is 1. The molecule has 2 aromatic carbocycles. The van der Waals surface area contributed by atoms with Crippen LogP contribution in [-0.2, 0) is 26.0 Å². The number of carbonyl (C=O) groups is 2. The fraction of sp³-hybridized carbons (Fsp3) is 0.417. The normalized spacial score (nSPS) is 17.0. The Bertz CT molecular complexity index is 1030. The lowest BCUT2D eigenvalue weighted by atomic mass is 10.0. The lowest BCUT2D eigenvalue weighted by Crippen LogP contribution is -2.45. The molecular formula is C24H31N3O4S. The van der Waals surface area contributed by atoms with Crippen LogP contribution >= 0.6 is 0 Å². The fourth-order valence-corrected chi connectivity index (χ4v) is 5.59. The largest absolute Gasteiger partial charge is 0.348 e. The van der Waals surface area contributed by atoms with E-state index >= 15 is 0 Å². The summed E-state index contributed by atoms with van der Waals surface area (Å²) in [6.45, 7) is 4.65. The highest BCUT2D eigenvalue weighted by molar-refractivity contribution is 7.89. The SMILES string of the molecule is CCc1ccc(NC(=O)C(=O)NCC[C@H]2CCCCN2S(=O)(=O)c2ccc(C)cc2)cc1. The Morgan fingerprint density at radius 1 is 1.00 bits per heavy atom. The van der Waals surface area contributed by atoms with Crippen LogP contribution in [0.15, 0.2) is 53.4 Å². The van der Waals surface area contributed by atoms with Crippen LogP contribution in [0, 0.1) is 6.92 Å². The van der Waals surface area contributed by atoms with Gasteiger partial charge in [0, 0.05) is 24.8 Å². The van der Waals surface area contributed by atoms with Crippen molar-refractivity contribution in [3.05, 3.63) is 59.7 Å². The van der Waals surface area contributed by atoms with Crippen LogP contribution < -0.4 is 10.6 Å². The highest BCUT2D eigenvalue weighted by Crippen LogP contribution is 2.27. The molecule has 1 atom stereocenters. The Kier molecular flexibility index (Phi) is 8.04. The van der Waals surface area contributed by atoms with E-state index in [9.17, 15) is 18.0 Å². The number of carbonyl (C=O) groups excluding carboxylic acids is 2. The van der Waals surface area contributed by atoms with Crippen LogP contribution in [0.5, 0.6) is 0 Å². The molecular weight excluding hydrogens is 426 g/mol. The second-order valence-corrected chi connectivity index (χ2v) is 10.0. The van der Waals surface area contributed by atoms with Crippen molar-refractivity contribution < 1.29 is 18.0 Å². The molecule has 0 spiro atoms. The van der Waals surface area contributed by atoms with Crippen molar-refractivity contribution >= 4 is 27.5 Å². The van der Waals surface area contributed by atoms with E-state index in [0.29, 0.717) is 18.7 Å². The molecule has 1 fully saturated rings. The van der Waals surface area contributed by atoms with Crippen molar-refractivity contribution in [2.24, 2.45) is 0 Å². The van der Waals surface area contributed by atoms with Gasteiger partial charge in [0.2, 0.25) is 10.0 Å². The summed E-state index contributed by atoms with van der Waals surface area (Å²) in [7, 11) is -3.60. The Morgan fingerprint density at radius 2 is 1.69 bits per heavy atom. The van der Waals surface area contributed by atoms with Gasteiger partial charge in [-0.25, -0.2) is 8.42 Å². The topological polar surface area (TPSA) is 95.6 Å². The zero-order chi connectivity index (χ0) is 23.1. The molecule has 0 bridgehead atoms. The lowest BCUT2D eigenvalue weighted by molar-refractivity contribution is -0.136. The first kappa shape index (κ1) is 23.9. The molecule has 172 valence electrons. The van der Waals surface area contributed by atoms with Gasteiger partial charge in [0.1, 0.15) is 0 Å². The number of anilines is 1. The van der Waals surface area contributed by atoms with Gasteiger partial charge in [-0.05, 0) is 62.4 Å². The van der Waals surface area contributed by atoms with Crippen molar-refractivity contribution in [2.75, 3.05) is 18.4 Å². The zero-order valence-electron chi connectivity index (χ0n) is 18.6. The minimum Gasteiger partial charge on any atom is -0.348 e. The Hall–Kier alpha value is -2.71. The van der Waals surface area contributed by atoms with E-state index < -0.39 is 21.8 Å². The minimum atomic E-state index is -3.60. The molecule has 1 aliphatic rings. The molecule has 0 unspecified atom stereocenters. The van der Waals surface area contributed by atoms with Gasteiger partial charge >= 0.3 is 11.8 Å². The predicted octanol–water partition coefficient (Wildman–Crippen LogP) is 3.25. The summed E-state index contributed by atoms with van der Waals surface area (Å²) >= 11 is 0. The number of aryl methyl sites for hydroxylation is 2. The molecule has 1 aliphatic heterocycles. The van der Waals surface area contributed by atoms with Gasteiger partial charge in [-0.1, -0.05) is 43.2 Å². The number of nitrogens with zero attached hydrogens (tertiary/aromatic N) is 1. The Morgan fingerprint density at radius 3 is 2.34 bits per heavy atom. The number of nitrogens with one attached hydrogen (secondary N) is 2. The first-order valence-corrected chi connectivity index (χ1v) is 12.5. The van der Waals surface area contributed by atoms with Gasteiger partial charge < -0.3 is 10.6 Å². The summed E-state index contributed by atoms with van der Waals surface area (Å²) < 4.78 is 27.8. The molecule has 7 nitrogen and oxygen atoms in total. The maximum absolute atomic E-state index is 13.1. The average molecular weight is 458 g/mol. The molecule has 0 aromatic heterocycles. The molecule has 2 aromatic rings. The second-order valence-electron chi connectivity index (χ2n) is 8.13. The van der Waals surface area contributed by atoms with E-state index in [1.54, 1.807) is 40.7 Å². The highest BCUT2D eigenvalue weighted by Gasteiger charge is 2.33. The monoisotopic (exact) mass is 457 g/mol. The van der Waals surface area contributed by atoms with E-state index in [4.69, 9.17) is 0 Å². The molecule has 3 rings (SSSR count). The third kappa shape index (κ3) is 5.95. The first-order chi connectivity index (χ1) is 15.3. The average Bonchev–Trinajstić information content (AvgIpc) is 2.80. The molecule has 2 amide bonds. The van der Waals surface area contributed by atoms with E-state index in [-0.39, 0.29) is 17.5 Å². The Balaban J connectivity index is 1.55. The van der Waals surface area contributed by atoms with Crippen LogP contribution in [-0.4, -0.2) is 43.7 Å². The molecule has 0 radical (unpaired) electrons. The van der Waals surface area contributed by atoms with Gasteiger partial charge in [0.15, 0.2) is 0 Å². The Labute approximate surface area is 190 Å². The van der Waals surface area contributed by atoms with Gasteiger partial charge in [0.05, 0.1) is 4.90 Å². The van der Waals surface area contributed by atoms with Gasteiger partial charge in [-0.3, -0.25) is 9.59 Å². The van der Waals surface area contributed by atoms with E-state index in [0.717, 1.165) is 36.8 Å². The molecule has 2 N–H and O–H groups in total. The maximum atomic E-state index is 13.1. The number of rotatable bonds is 7. The number of benzene rings is 2. The zero-order valence-corrected chi connectivity index (χ0v) is 19.5. The number of hydrogen-bond donors (Lipinski definition) is 2. The first-order valence-electron chi connectivity index (χ1n) is 11.1. The van der Waals surface area contributed by atoms with E-state index in [1.165, 1.54) is 0 Å². The summed E-state index contributed by atoms with van der Waals surface area (Å²) in [6, 6.07) is 14.0. The summed E-state index contributed by atoms with van der Waals surface area (Å²) in [5, 5.41) is 5.20. The molecule has 8 heteroatoms. The van der Waals surface area contributed by atoms with Crippen molar-refractivity contribution in [3.63, 3.8) is 0 Å². The third-order valence-corrected chi connectivity index (χ3v) is 7.76. The van der Waals surface area contributed by atoms with Crippen LogP contribution in [0.2, 0.25) is 0 Å². The highest BCUT2D eigenvalue weighted by atomic mass is 32.2. The second kappa shape index (κ2) is 10.7. The van der Waals surface area contributed by atoms with Crippen molar-refractivity contribution in [3.8, 4) is 0 Å². The lowest BCUT2D eigenvalue weighted by Gasteiger charge is -2.34. The number of hydrogen-bond acceptors (Lipinski definition) is 4. The van der Waals surface area contributed by atoms with E-state index in [2.05, 4.69) is 10.6 Å². The quantitative estimate of drug-likeness (QED) is 0.624. The fourth-order valence-electron chi connectivity index (χ4n) is 3.87.